The summed E-state index contributed by atoms with van der Waals surface area (Å²) in [4.78, 5) is 2.41. The molecule has 50 heavy (non-hydrogen) atoms. The van der Waals surface area contributed by atoms with Gasteiger partial charge in [0.05, 0.1) is 16.9 Å². The predicted molar refractivity (Wildman–Crippen MR) is 211 cm³/mol. The van der Waals surface area contributed by atoms with Crippen LogP contribution in [0.3, 0.4) is 0 Å². The van der Waals surface area contributed by atoms with E-state index in [-0.39, 0.29) is 11.0 Å². The average Bonchev–Trinajstić information content (AvgIpc) is 3.72. The van der Waals surface area contributed by atoms with Gasteiger partial charge in [0.15, 0.2) is 0 Å². The molecule has 0 saturated carbocycles. The summed E-state index contributed by atoms with van der Waals surface area (Å²) in [6.07, 6.45) is 0. The second kappa shape index (κ2) is 10.3. The summed E-state index contributed by atoms with van der Waals surface area (Å²) in [7, 11) is 0. The molecule has 0 fully saturated rings. The Morgan fingerprint density at radius 2 is 1.14 bits per heavy atom. The summed E-state index contributed by atoms with van der Waals surface area (Å²) in [6, 6.07) is 58.5. The Morgan fingerprint density at radius 1 is 0.460 bits per heavy atom. The average molecular weight is 643 g/mol. The summed E-state index contributed by atoms with van der Waals surface area (Å²) in [5.74, 6) is 0. The van der Waals surface area contributed by atoms with Crippen molar-refractivity contribution in [3.05, 3.63) is 174 Å². The van der Waals surface area contributed by atoms with Gasteiger partial charge in [0.1, 0.15) is 0 Å². The lowest BCUT2D eigenvalue weighted by Gasteiger charge is -2.29. The number of anilines is 3. The summed E-state index contributed by atoms with van der Waals surface area (Å²) in [5, 5.41) is 3.77. The van der Waals surface area contributed by atoms with Gasteiger partial charge in [-0.3, -0.25) is 0 Å². The van der Waals surface area contributed by atoms with Crippen molar-refractivity contribution in [2.45, 2.75) is 38.6 Å². The number of hydrogen-bond acceptors (Lipinski definition) is 1. The summed E-state index contributed by atoms with van der Waals surface area (Å²) in [6.45, 7) is 9.44. The molecule has 1 aliphatic heterocycles. The molecule has 0 atom stereocenters. The molecule has 8 aromatic rings. The second-order valence-corrected chi connectivity index (χ2v) is 15.0. The minimum absolute atomic E-state index is 0.0822. The zero-order chi connectivity index (χ0) is 33.8. The predicted octanol–water partition coefficient (Wildman–Crippen LogP) is 13.0. The maximum absolute atomic E-state index is 2.52. The smallest absolute Gasteiger partial charge is 0.0653 e. The van der Waals surface area contributed by atoms with E-state index in [2.05, 4.69) is 195 Å². The molecule has 0 spiro atoms. The standard InChI is InChI=1S/C48H38N2/c1-47(2)42-28-33(32-22-26-44-34(27-32)29-46-40-18-10-11-19-41(40)48(3,4)50(44)46)21-24-38(42)39-25-23-36(30-43(39)47)49(35-15-6-5-7-16-35)45-20-12-14-31-13-8-9-17-37(31)45/h5-30H,1-4H3. The van der Waals surface area contributed by atoms with Gasteiger partial charge in [0, 0.05) is 38.6 Å². The fraction of sp³-hybridized carbons (Fsp3) is 0.125. The summed E-state index contributed by atoms with van der Waals surface area (Å²) < 4.78 is 2.52. The molecule has 0 radical (unpaired) electrons. The SMILES string of the molecule is CC1(C)c2cc(-c3ccc4c(c3)cc3n4C(C)(C)c4ccccc4-3)ccc2-c2ccc(N(c3ccccc3)c3cccc4ccccc34)cc21. The van der Waals surface area contributed by atoms with Crippen LogP contribution < -0.4 is 4.90 Å². The van der Waals surface area contributed by atoms with E-state index in [0.717, 1.165) is 5.69 Å². The zero-order valence-electron chi connectivity index (χ0n) is 28.9. The molecule has 1 aliphatic carbocycles. The Morgan fingerprint density at radius 3 is 2.00 bits per heavy atom. The van der Waals surface area contributed by atoms with Gasteiger partial charge >= 0.3 is 0 Å². The van der Waals surface area contributed by atoms with Gasteiger partial charge in [0.2, 0.25) is 0 Å². The molecule has 0 saturated heterocycles. The van der Waals surface area contributed by atoms with Crippen LogP contribution in [0.1, 0.15) is 44.4 Å². The van der Waals surface area contributed by atoms with Crippen molar-refractivity contribution in [1.82, 2.24) is 4.57 Å². The number of rotatable bonds is 4. The Bertz CT molecular complexity index is 2650. The van der Waals surface area contributed by atoms with E-state index in [4.69, 9.17) is 0 Å². The van der Waals surface area contributed by atoms with Crippen LogP contribution in [-0.4, -0.2) is 4.57 Å². The largest absolute Gasteiger partial charge is 0.331 e. The van der Waals surface area contributed by atoms with Crippen LogP contribution in [-0.2, 0) is 11.0 Å². The molecule has 2 heteroatoms. The lowest BCUT2D eigenvalue weighted by atomic mass is 9.81. The van der Waals surface area contributed by atoms with Crippen molar-refractivity contribution in [3.63, 3.8) is 0 Å². The highest BCUT2D eigenvalue weighted by atomic mass is 15.1. The number of benzene rings is 7. The molecule has 2 aliphatic rings. The van der Waals surface area contributed by atoms with Crippen molar-refractivity contribution >= 4 is 38.7 Å². The molecule has 2 heterocycles. The van der Waals surface area contributed by atoms with Crippen LogP contribution in [0.25, 0.3) is 55.2 Å². The summed E-state index contributed by atoms with van der Waals surface area (Å²) in [5.41, 5.74) is 16.5. The molecule has 0 unspecified atom stereocenters. The van der Waals surface area contributed by atoms with E-state index in [1.165, 1.54) is 83.3 Å². The van der Waals surface area contributed by atoms with Gasteiger partial charge in [-0.1, -0.05) is 117 Å². The highest BCUT2D eigenvalue weighted by Gasteiger charge is 2.38. The van der Waals surface area contributed by atoms with Crippen LogP contribution in [0, 0.1) is 0 Å². The van der Waals surface area contributed by atoms with E-state index in [0.29, 0.717) is 0 Å². The van der Waals surface area contributed by atoms with Crippen molar-refractivity contribution in [2.24, 2.45) is 0 Å². The third kappa shape index (κ3) is 4.02. The fourth-order valence-corrected chi connectivity index (χ4v) is 9.01. The topological polar surface area (TPSA) is 8.17 Å². The van der Waals surface area contributed by atoms with Gasteiger partial charge in [-0.15, -0.1) is 0 Å². The summed E-state index contributed by atoms with van der Waals surface area (Å²) >= 11 is 0. The van der Waals surface area contributed by atoms with E-state index in [1.54, 1.807) is 0 Å². The van der Waals surface area contributed by atoms with E-state index in [9.17, 15) is 0 Å². The van der Waals surface area contributed by atoms with Crippen LogP contribution >= 0.6 is 0 Å². The van der Waals surface area contributed by atoms with Gasteiger partial charge in [-0.25, -0.2) is 0 Å². The van der Waals surface area contributed by atoms with E-state index < -0.39 is 0 Å². The molecule has 2 nitrogen and oxygen atoms in total. The Kier molecular flexibility index (Phi) is 6.01. The van der Waals surface area contributed by atoms with Gasteiger partial charge in [-0.2, -0.15) is 0 Å². The lowest BCUT2D eigenvalue weighted by molar-refractivity contribution is 0.476. The molecule has 10 rings (SSSR count). The Labute approximate surface area is 293 Å². The van der Waals surface area contributed by atoms with Gasteiger partial charge in [-0.05, 0) is 113 Å². The van der Waals surface area contributed by atoms with Crippen LogP contribution in [0.2, 0.25) is 0 Å². The number of hydrogen-bond donors (Lipinski definition) is 0. The number of nitrogens with zero attached hydrogens (tertiary/aromatic N) is 2. The van der Waals surface area contributed by atoms with Crippen molar-refractivity contribution in [2.75, 3.05) is 4.90 Å². The third-order valence-corrected chi connectivity index (χ3v) is 11.5. The van der Waals surface area contributed by atoms with Crippen molar-refractivity contribution in [1.29, 1.82) is 0 Å². The maximum atomic E-state index is 2.52. The van der Waals surface area contributed by atoms with Gasteiger partial charge < -0.3 is 9.47 Å². The van der Waals surface area contributed by atoms with Crippen molar-refractivity contribution in [3.8, 4) is 33.5 Å². The molecule has 0 bridgehead atoms. The first-order valence-electron chi connectivity index (χ1n) is 17.7. The van der Waals surface area contributed by atoms with E-state index in [1.807, 2.05) is 0 Å². The minimum Gasteiger partial charge on any atom is -0.331 e. The Hall–Kier alpha value is -5.86. The first-order chi connectivity index (χ1) is 24.3. The van der Waals surface area contributed by atoms with Crippen LogP contribution in [0.4, 0.5) is 17.1 Å². The maximum Gasteiger partial charge on any atom is 0.0653 e. The second-order valence-electron chi connectivity index (χ2n) is 15.0. The normalized spacial score (nSPS) is 14.7. The molecule has 240 valence electrons. The first-order valence-corrected chi connectivity index (χ1v) is 17.7. The fourth-order valence-electron chi connectivity index (χ4n) is 9.01. The highest BCUT2D eigenvalue weighted by Crippen LogP contribution is 2.52. The number of para-hydroxylation sites is 1. The molecule has 0 N–H and O–H groups in total. The van der Waals surface area contributed by atoms with E-state index >= 15 is 0 Å². The molecular weight excluding hydrogens is 605 g/mol. The third-order valence-electron chi connectivity index (χ3n) is 11.5. The highest BCUT2D eigenvalue weighted by molar-refractivity contribution is 6.00. The van der Waals surface area contributed by atoms with Crippen LogP contribution in [0.15, 0.2) is 158 Å². The Balaban J connectivity index is 1.06. The van der Waals surface area contributed by atoms with Gasteiger partial charge in [0.25, 0.3) is 0 Å². The zero-order valence-corrected chi connectivity index (χ0v) is 28.9. The monoisotopic (exact) mass is 642 g/mol. The first kappa shape index (κ1) is 29.1. The molecular formula is C48H38N2. The molecule has 0 amide bonds. The quantitative estimate of drug-likeness (QED) is 0.185. The minimum atomic E-state index is -0.160. The lowest BCUT2D eigenvalue weighted by Crippen LogP contribution is -2.23. The molecule has 7 aromatic carbocycles. The number of aromatic nitrogens is 1. The van der Waals surface area contributed by atoms with Crippen molar-refractivity contribution < 1.29 is 0 Å². The number of fused-ring (bicyclic) bond motifs is 9. The molecule has 1 aromatic heterocycles. The van der Waals surface area contributed by atoms with Crippen LogP contribution in [0.5, 0.6) is 0 Å².